The SMILES string of the molecule is CC(C)[C@H](NC(=O)c1cc([N+](C)(C)C)ccc1[N+](=O)[O-])C(=O)NCCC(=O)N[C@@H](Cc1ccccc1)C(=O)NCC(N)=O.O=S(=O)([O-])C(F)(F)F. The smallest absolute Gasteiger partial charge is 0.485 e. The molecule has 17 nitrogen and oxygen atoms in total. The van der Waals surface area contributed by atoms with E-state index in [0.717, 1.165) is 5.56 Å². The molecule has 21 heteroatoms. The summed E-state index contributed by atoms with van der Waals surface area (Å²) in [5.41, 5.74) is 0.324. The zero-order chi connectivity index (χ0) is 39.3. The third-order valence-electron chi connectivity index (χ3n) is 6.74. The highest BCUT2D eigenvalue weighted by molar-refractivity contribution is 7.86. The summed E-state index contributed by atoms with van der Waals surface area (Å²) < 4.78 is 59.2. The second kappa shape index (κ2) is 18.7. The van der Waals surface area contributed by atoms with Gasteiger partial charge in [-0.3, -0.25) is 38.6 Å². The van der Waals surface area contributed by atoms with Crippen LogP contribution in [0.25, 0.3) is 0 Å². The predicted molar refractivity (Wildman–Crippen MR) is 176 cm³/mol. The fourth-order valence-corrected chi connectivity index (χ4v) is 4.07. The van der Waals surface area contributed by atoms with E-state index in [1.807, 2.05) is 27.2 Å². The molecule has 6 N–H and O–H groups in total. The zero-order valence-corrected chi connectivity index (χ0v) is 29.1. The van der Waals surface area contributed by atoms with Crippen molar-refractivity contribution in [1.29, 1.82) is 0 Å². The molecule has 2 aromatic rings. The van der Waals surface area contributed by atoms with Crippen LogP contribution >= 0.6 is 0 Å². The van der Waals surface area contributed by atoms with Crippen LogP contribution in [0.1, 0.15) is 36.2 Å². The molecule has 0 aliphatic heterocycles. The number of primary amides is 1. The van der Waals surface area contributed by atoms with Gasteiger partial charge in [0.25, 0.3) is 11.6 Å². The number of hydrogen-bond acceptors (Lipinski definition) is 10. The van der Waals surface area contributed by atoms with Crippen LogP contribution in [0, 0.1) is 16.0 Å². The molecule has 0 bridgehead atoms. The Balaban J connectivity index is 0.00000144. The van der Waals surface area contributed by atoms with Crippen molar-refractivity contribution >= 4 is 51.0 Å². The number of hydrogen-bond donors (Lipinski definition) is 5. The molecule has 0 radical (unpaired) electrons. The third-order valence-corrected chi connectivity index (χ3v) is 7.30. The number of benzene rings is 2. The van der Waals surface area contributed by atoms with Crippen LogP contribution in [0.3, 0.4) is 0 Å². The van der Waals surface area contributed by atoms with E-state index in [0.29, 0.717) is 10.2 Å². The van der Waals surface area contributed by atoms with E-state index >= 15 is 0 Å². The molecule has 5 amide bonds. The van der Waals surface area contributed by atoms with E-state index in [4.69, 9.17) is 18.7 Å². The number of nitro benzene ring substituents is 1. The largest absolute Gasteiger partial charge is 0.741 e. The molecule has 0 aromatic heterocycles. The highest BCUT2D eigenvalue weighted by atomic mass is 32.2. The molecule has 0 unspecified atom stereocenters. The minimum absolute atomic E-state index is 0.109. The van der Waals surface area contributed by atoms with Crippen LogP contribution in [-0.4, -0.2) is 99.3 Å². The van der Waals surface area contributed by atoms with E-state index in [-0.39, 0.29) is 43.1 Å². The number of halogens is 3. The number of rotatable bonds is 15. The van der Waals surface area contributed by atoms with Crippen LogP contribution in [-0.2, 0) is 35.7 Å². The number of alkyl halides is 3. The van der Waals surface area contributed by atoms with Crippen molar-refractivity contribution in [3.8, 4) is 0 Å². The van der Waals surface area contributed by atoms with Gasteiger partial charge in [0.1, 0.15) is 23.3 Å². The lowest BCUT2D eigenvalue weighted by Crippen LogP contribution is -2.51. The van der Waals surface area contributed by atoms with Gasteiger partial charge >= 0.3 is 5.51 Å². The highest BCUT2D eigenvalue weighted by Crippen LogP contribution is 2.27. The number of nitrogens with zero attached hydrogens (tertiary/aromatic N) is 2. The lowest BCUT2D eigenvalue weighted by molar-refractivity contribution is -0.385. The molecule has 0 fully saturated rings. The van der Waals surface area contributed by atoms with Gasteiger partial charge in [-0.05, 0) is 11.5 Å². The summed E-state index contributed by atoms with van der Waals surface area (Å²) in [5.74, 6) is -3.61. The molecule has 0 heterocycles. The summed E-state index contributed by atoms with van der Waals surface area (Å²) in [5, 5.41) is 21.8. The highest BCUT2D eigenvalue weighted by Gasteiger charge is 2.37. The minimum atomic E-state index is -6.09. The Morgan fingerprint density at radius 1 is 0.941 bits per heavy atom. The number of carbonyl (C=O) groups is 5. The predicted octanol–water partition coefficient (Wildman–Crippen LogP) is 0.433. The first-order valence-electron chi connectivity index (χ1n) is 15.0. The zero-order valence-electron chi connectivity index (χ0n) is 28.3. The molecule has 51 heavy (non-hydrogen) atoms. The number of nitro groups is 1. The molecule has 2 rings (SSSR count). The lowest BCUT2D eigenvalue weighted by atomic mass is 10.0. The van der Waals surface area contributed by atoms with Crippen LogP contribution in [0.2, 0.25) is 0 Å². The normalized spacial score (nSPS) is 12.7. The van der Waals surface area contributed by atoms with Crippen molar-refractivity contribution < 1.29 is 55.0 Å². The second-order valence-corrected chi connectivity index (χ2v) is 13.5. The van der Waals surface area contributed by atoms with Crippen LogP contribution in [0.5, 0.6) is 0 Å². The first kappa shape index (κ1) is 43.9. The topological polar surface area (TPSA) is 260 Å². The van der Waals surface area contributed by atoms with Crippen molar-refractivity contribution in [2.45, 2.75) is 44.3 Å². The summed E-state index contributed by atoms with van der Waals surface area (Å²) in [6, 6.07) is 11.2. The van der Waals surface area contributed by atoms with E-state index < -0.39 is 62.2 Å². The van der Waals surface area contributed by atoms with Gasteiger partial charge in [0.2, 0.25) is 23.6 Å². The maximum Gasteiger partial charge on any atom is 0.485 e. The van der Waals surface area contributed by atoms with Crippen LogP contribution in [0.15, 0.2) is 48.5 Å². The summed E-state index contributed by atoms with van der Waals surface area (Å²) in [4.78, 5) is 73.5. The van der Waals surface area contributed by atoms with E-state index in [9.17, 15) is 47.3 Å². The van der Waals surface area contributed by atoms with Crippen molar-refractivity contribution in [3.05, 3.63) is 69.8 Å². The van der Waals surface area contributed by atoms with E-state index in [1.54, 1.807) is 44.2 Å². The molecule has 282 valence electrons. The lowest BCUT2D eigenvalue weighted by Gasteiger charge is -2.24. The molecule has 0 saturated heterocycles. The van der Waals surface area contributed by atoms with Crippen LogP contribution < -0.4 is 31.5 Å². The summed E-state index contributed by atoms with van der Waals surface area (Å²) in [7, 11) is -0.546. The number of nitrogens with one attached hydrogen (secondary N) is 4. The Bertz CT molecular complexity index is 1680. The summed E-state index contributed by atoms with van der Waals surface area (Å²) in [6.07, 6.45) is -0.0255. The Morgan fingerprint density at radius 3 is 1.98 bits per heavy atom. The molecule has 0 aliphatic rings. The first-order valence-corrected chi connectivity index (χ1v) is 16.4. The fourth-order valence-electron chi connectivity index (χ4n) is 4.07. The Morgan fingerprint density at radius 2 is 1.51 bits per heavy atom. The molecule has 0 saturated carbocycles. The Labute approximate surface area is 291 Å². The number of nitrogens with two attached hydrogens (primary N) is 1. The quantitative estimate of drug-likeness (QED) is 0.0552. The second-order valence-electron chi connectivity index (χ2n) is 12.1. The number of carbonyl (C=O) groups excluding carboxylic acids is 5. The Hall–Kier alpha value is -5.15. The fraction of sp³-hybridized carbons (Fsp3) is 0.433. The summed E-state index contributed by atoms with van der Waals surface area (Å²) >= 11 is 0. The van der Waals surface area contributed by atoms with Gasteiger partial charge in [0.05, 0.1) is 32.6 Å². The maximum atomic E-state index is 13.1. The van der Waals surface area contributed by atoms with Gasteiger partial charge in [0.15, 0.2) is 10.1 Å². The summed E-state index contributed by atoms with van der Waals surface area (Å²) in [6.45, 7) is 2.91. The molecule has 2 atom stereocenters. The molecule has 0 aliphatic carbocycles. The van der Waals surface area contributed by atoms with Crippen LogP contribution in [0.4, 0.5) is 24.5 Å². The van der Waals surface area contributed by atoms with E-state index in [1.165, 1.54) is 12.1 Å². The van der Waals surface area contributed by atoms with Gasteiger partial charge in [-0.15, -0.1) is 0 Å². The van der Waals surface area contributed by atoms with Gasteiger partial charge in [0, 0.05) is 37.6 Å². The van der Waals surface area contributed by atoms with Gasteiger partial charge in [-0.25, -0.2) is 8.42 Å². The molecule has 0 spiro atoms. The number of quaternary nitrogens is 1. The van der Waals surface area contributed by atoms with Crippen molar-refractivity contribution in [1.82, 2.24) is 25.8 Å². The van der Waals surface area contributed by atoms with Gasteiger partial charge in [-0.1, -0.05) is 44.2 Å². The molecular weight excluding hydrogens is 707 g/mol. The monoisotopic (exact) mass is 747 g/mol. The van der Waals surface area contributed by atoms with Gasteiger partial charge < -0.3 is 31.6 Å². The van der Waals surface area contributed by atoms with Crippen molar-refractivity contribution in [2.24, 2.45) is 11.7 Å². The number of amides is 5. The third kappa shape index (κ3) is 15.1. The molecule has 2 aromatic carbocycles. The van der Waals surface area contributed by atoms with Crippen molar-refractivity contribution in [3.63, 3.8) is 0 Å². The standard InChI is InChI=1S/C29H39N7O7.CHF3O3S/c1-18(2)26(34-27(39)21-16-20(36(3,4)5)11-12-23(21)35(42)43)29(41)31-14-13-25(38)33-22(28(40)32-17-24(30)37)15-19-9-7-6-8-10-19;2-1(3,4)8(5,6)7/h6-12,16,18,22,26H,13-15,17H2,1-5H3,(H5-,30,31,32,33,34,37,38,39,40,41);(H,5,6,7)/t22-,26-;/m0./s1. The van der Waals surface area contributed by atoms with E-state index in [2.05, 4.69) is 21.3 Å². The average Bonchev–Trinajstić information content (AvgIpc) is 3.00. The molecular formula is C30H40F3N7O10S. The minimum Gasteiger partial charge on any atom is -0.741 e. The average molecular weight is 748 g/mol. The van der Waals surface area contributed by atoms with Gasteiger partial charge in [-0.2, -0.15) is 13.2 Å². The Kier molecular flexibility index (Phi) is 16.1. The maximum absolute atomic E-state index is 13.1. The first-order chi connectivity index (χ1) is 23.3. The van der Waals surface area contributed by atoms with Crippen molar-refractivity contribution in [2.75, 3.05) is 34.2 Å².